The first-order valence-corrected chi connectivity index (χ1v) is 9.73. The van der Waals surface area contributed by atoms with E-state index < -0.39 is 0 Å². The minimum Gasteiger partial charge on any atom is -0.347 e. The normalized spacial score (nSPS) is 16.6. The molecule has 2 N–H and O–H groups in total. The van der Waals surface area contributed by atoms with Gasteiger partial charge in [-0.2, -0.15) is 5.10 Å². The van der Waals surface area contributed by atoms with Gasteiger partial charge in [-0.25, -0.2) is 4.68 Å². The second-order valence-corrected chi connectivity index (χ2v) is 7.79. The van der Waals surface area contributed by atoms with Crippen molar-refractivity contribution in [2.75, 3.05) is 6.54 Å². The molecule has 1 aromatic carbocycles. The quantitative estimate of drug-likeness (QED) is 0.723. The highest BCUT2D eigenvalue weighted by molar-refractivity contribution is 7.13. The number of aromatic nitrogens is 2. The van der Waals surface area contributed by atoms with Crippen molar-refractivity contribution in [2.24, 2.45) is 0 Å². The molecule has 2 aromatic heterocycles. The van der Waals surface area contributed by atoms with Crippen LogP contribution in [0.3, 0.4) is 0 Å². The molecule has 0 saturated carbocycles. The average molecular weight is 366 g/mol. The number of hydrogen-bond donors (Lipinski definition) is 2. The van der Waals surface area contributed by atoms with E-state index >= 15 is 0 Å². The number of fused-ring (bicyclic) bond motifs is 1. The summed E-state index contributed by atoms with van der Waals surface area (Å²) in [5, 5.41) is 13.2. The summed E-state index contributed by atoms with van der Waals surface area (Å²) < 4.78 is 1.82. The molecule has 4 rings (SSSR count). The number of thiophene rings is 1. The maximum absolute atomic E-state index is 12.2. The largest absolute Gasteiger partial charge is 0.347 e. The number of nitrogens with zero attached hydrogens (tertiary/aromatic N) is 2. The standard InChI is InChI=1S/C20H22N4OS/c1-13(2)15-7-5-14(6-8-15)11-21-19-12-22-20(25)17-10-16(23-24(17)19)18-4-3-9-26-18/h3-10,13,19,21H,11-12H2,1-2H3,(H,22,25)/t19-/m1/s1. The lowest BCUT2D eigenvalue weighted by atomic mass is 10.0. The first-order chi connectivity index (χ1) is 12.6. The van der Waals surface area contributed by atoms with Gasteiger partial charge >= 0.3 is 0 Å². The van der Waals surface area contributed by atoms with Crippen LogP contribution in [-0.4, -0.2) is 22.2 Å². The van der Waals surface area contributed by atoms with Gasteiger partial charge in [0.05, 0.1) is 11.4 Å². The fraction of sp³-hybridized carbons (Fsp3) is 0.300. The van der Waals surface area contributed by atoms with Crippen LogP contribution in [0, 0.1) is 0 Å². The zero-order valence-electron chi connectivity index (χ0n) is 14.9. The van der Waals surface area contributed by atoms with Crippen molar-refractivity contribution < 1.29 is 4.79 Å². The predicted octanol–water partition coefficient (Wildman–Crippen LogP) is 3.77. The van der Waals surface area contributed by atoms with Gasteiger partial charge in [-0.05, 0) is 34.6 Å². The second kappa shape index (κ2) is 7.05. The van der Waals surface area contributed by atoms with Crippen molar-refractivity contribution >= 4 is 17.2 Å². The van der Waals surface area contributed by atoms with Crippen molar-refractivity contribution in [3.05, 3.63) is 64.7 Å². The van der Waals surface area contributed by atoms with E-state index in [1.54, 1.807) is 11.3 Å². The Balaban J connectivity index is 1.51. The van der Waals surface area contributed by atoms with E-state index in [2.05, 4.69) is 53.8 Å². The van der Waals surface area contributed by atoms with Crippen molar-refractivity contribution in [3.63, 3.8) is 0 Å². The van der Waals surface area contributed by atoms with E-state index in [4.69, 9.17) is 0 Å². The SMILES string of the molecule is CC(C)c1ccc(CN[C@H]2CNC(=O)c3cc(-c4cccs4)nn32)cc1. The molecular weight excluding hydrogens is 344 g/mol. The highest BCUT2D eigenvalue weighted by Gasteiger charge is 2.27. The van der Waals surface area contributed by atoms with Crippen LogP contribution < -0.4 is 10.6 Å². The third kappa shape index (κ3) is 3.30. The Kier molecular flexibility index (Phi) is 4.61. The molecule has 0 radical (unpaired) electrons. The van der Waals surface area contributed by atoms with Crippen molar-refractivity contribution in [3.8, 4) is 10.6 Å². The Hall–Kier alpha value is -2.44. The molecule has 3 aromatic rings. The number of carbonyl (C=O) groups excluding carboxylic acids is 1. The van der Waals surface area contributed by atoms with Crippen molar-refractivity contribution in [1.82, 2.24) is 20.4 Å². The lowest BCUT2D eigenvalue weighted by molar-refractivity contribution is 0.0900. The summed E-state index contributed by atoms with van der Waals surface area (Å²) in [7, 11) is 0. The number of rotatable bonds is 5. The van der Waals surface area contributed by atoms with Crippen LogP contribution in [0.4, 0.5) is 0 Å². The number of carbonyl (C=O) groups is 1. The topological polar surface area (TPSA) is 58.9 Å². The third-order valence-corrected chi connectivity index (χ3v) is 5.57. The molecule has 1 aliphatic heterocycles. The van der Waals surface area contributed by atoms with Gasteiger partial charge in [0.2, 0.25) is 0 Å². The molecular formula is C20H22N4OS. The van der Waals surface area contributed by atoms with Crippen LogP contribution in [0.1, 0.15) is 47.5 Å². The summed E-state index contributed by atoms with van der Waals surface area (Å²) in [5.41, 5.74) is 4.01. The zero-order valence-corrected chi connectivity index (χ0v) is 15.7. The molecule has 0 unspecified atom stereocenters. The van der Waals surface area contributed by atoms with Crippen LogP contribution in [0.5, 0.6) is 0 Å². The minimum absolute atomic E-state index is 0.0545. The van der Waals surface area contributed by atoms with Gasteiger partial charge in [-0.15, -0.1) is 11.3 Å². The second-order valence-electron chi connectivity index (χ2n) is 6.84. The highest BCUT2D eigenvalue weighted by atomic mass is 32.1. The minimum atomic E-state index is -0.0698. The Morgan fingerprint density at radius 3 is 2.81 bits per heavy atom. The lowest BCUT2D eigenvalue weighted by Gasteiger charge is -2.25. The predicted molar refractivity (Wildman–Crippen MR) is 104 cm³/mol. The van der Waals surface area contributed by atoms with Crippen LogP contribution >= 0.6 is 11.3 Å². The highest BCUT2D eigenvalue weighted by Crippen LogP contribution is 2.26. The summed E-state index contributed by atoms with van der Waals surface area (Å²) in [6.07, 6.45) is -0.0545. The fourth-order valence-corrected chi connectivity index (χ4v) is 3.81. The Morgan fingerprint density at radius 2 is 2.12 bits per heavy atom. The molecule has 1 amide bonds. The Morgan fingerprint density at radius 1 is 1.31 bits per heavy atom. The Bertz CT molecular complexity index is 897. The van der Waals surface area contributed by atoms with Crippen molar-refractivity contribution in [1.29, 1.82) is 0 Å². The summed E-state index contributed by atoms with van der Waals surface area (Å²) in [6.45, 7) is 5.65. The maximum atomic E-state index is 12.2. The molecule has 1 aliphatic rings. The van der Waals surface area contributed by atoms with Crippen molar-refractivity contribution in [2.45, 2.75) is 32.5 Å². The first kappa shape index (κ1) is 17.0. The monoisotopic (exact) mass is 366 g/mol. The van der Waals surface area contributed by atoms with E-state index in [1.807, 2.05) is 28.3 Å². The molecule has 0 saturated heterocycles. The molecule has 0 spiro atoms. The van der Waals surface area contributed by atoms with E-state index in [0.29, 0.717) is 18.2 Å². The van der Waals surface area contributed by atoms with E-state index in [9.17, 15) is 4.79 Å². The number of nitrogens with one attached hydrogen (secondary N) is 2. The fourth-order valence-electron chi connectivity index (χ4n) is 3.13. The van der Waals surface area contributed by atoms with Gasteiger partial charge in [-0.3, -0.25) is 10.1 Å². The first-order valence-electron chi connectivity index (χ1n) is 8.85. The van der Waals surface area contributed by atoms with Gasteiger partial charge in [0.1, 0.15) is 17.6 Å². The van der Waals surface area contributed by atoms with Gasteiger partial charge in [0.25, 0.3) is 5.91 Å². The molecule has 1 atom stereocenters. The van der Waals surface area contributed by atoms with Gasteiger partial charge in [0, 0.05) is 6.54 Å². The lowest BCUT2D eigenvalue weighted by Crippen LogP contribution is -2.45. The zero-order chi connectivity index (χ0) is 18.1. The molecule has 3 heterocycles. The van der Waals surface area contributed by atoms with E-state index in [0.717, 1.165) is 17.1 Å². The summed E-state index contributed by atoms with van der Waals surface area (Å²) in [4.78, 5) is 13.3. The molecule has 5 nitrogen and oxygen atoms in total. The number of benzene rings is 1. The Labute approximate surface area is 157 Å². The van der Waals surface area contributed by atoms with Gasteiger partial charge in [0.15, 0.2) is 0 Å². The molecule has 0 bridgehead atoms. The number of hydrogen-bond acceptors (Lipinski definition) is 4. The molecule has 6 heteroatoms. The van der Waals surface area contributed by atoms with Crippen LogP contribution in [0.2, 0.25) is 0 Å². The van der Waals surface area contributed by atoms with Crippen LogP contribution in [-0.2, 0) is 6.54 Å². The molecule has 0 aliphatic carbocycles. The van der Waals surface area contributed by atoms with Gasteiger partial charge in [-0.1, -0.05) is 44.2 Å². The van der Waals surface area contributed by atoms with Crippen LogP contribution in [0.25, 0.3) is 10.6 Å². The van der Waals surface area contributed by atoms with Crippen LogP contribution in [0.15, 0.2) is 47.8 Å². The van der Waals surface area contributed by atoms with Gasteiger partial charge < -0.3 is 5.32 Å². The molecule has 0 fully saturated rings. The molecule has 26 heavy (non-hydrogen) atoms. The smallest absolute Gasteiger partial charge is 0.269 e. The summed E-state index contributed by atoms with van der Waals surface area (Å²) in [6, 6.07) is 14.6. The average Bonchev–Trinajstić information content (AvgIpc) is 3.31. The number of amides is 1. The summed E-state index contributed by atoms with van der Waals surface area (Å²) >= 11 is 1.63. The maximum Gasteiger partial charge on any atom is 0.269 e. The van der Waals surface area contributed by atoms with E-state index in [1.165, 1.54) is 11.1 Å². The summed E-state index contributed by atoms with van der Waals surface area (Å²) in [5.74, 6) is 0.465. The third-order valence-electron chi connectivity index (χ3n) is 4.68. The van der Waals surface area contributed by atoms with E-state index in [-0.39, 0.29) is 12.1 Å². The molecule has 134 valence electrons.